The molecule has 0 aromatic rings. The van der Waals surface area contributed by atoms with Crippen molar-refractivity contribution in [3.05, 3.63) is 0 Å². The summed E-state index contributed by atoms with van der Waals surface area (Å²) in [6, 6.07) is 1.72. The molecule has 39 nitrogen and oxygen atoms in total. The van der Waals surface area contributed by atoms with Gasteiger partial charge in [-0.05, 0) is 47.1 Å². The molecule has 4 atom stereocenters. The lowest BCUT2D eigenvalue weighted by atomic mass is 10.1. The van der Waals surface area contributed by atoms with E-state index < -0.39 is 0 Å². The van der Waals surface area contributed by atoms with Crippen LogP contribution in [0.2, 0.25) is 0 Å². The van der Waals surface area contributed by atoms with E-state index in [0.717, 1.165) is 189 Å². The molecule has 0 aliphatic carbocycles. The number of hydrogen-bond donors (Lipinski definition) is 2. The third-order valence-electron chi connectivity index (χ3n) is 22.9. The zero-order valence-electron chi connectivity index (χ0n) is 78.5. The Balaban J connectivity index is 0.000000834. The minimum Gasteiger partial charge on any atom is -0.469 e. The highest BCUT2D eigenvalue weighted by atomic mass is 16.6. The molecule has 0 aromatic heterocycles. The van der Waals surface area contributed by atoms with Gasteiger partial charge in [0.25, 0.3) is 0 Å². The molecule has 0 saturated carbocycles. The Kier molecular flexibility index (Phi) is 66.8. The number of carbonyl (C=O) groups is 12. The maximum atomic E-state index is 11.6. The highest BCUT2D eigenvalue weighted by Crippen LogP contribution is 2.17. The molecular formula is C85H161N15O24. The summed E-state index contributed by atoms with van der Waals surface area (Å²) in [7, 11) is 16.7. The van der Waals surface area contributed by atoms with Crippen LogP contribution in [0.1, 0.15) is 124 Å². The number of carbonyl (C=O) groups excluding carboxylic acids is 12. The Morgan fingerprint density at radius 2 is 0.452 bits per heavy atom. The lowest BCUT2D eigenvalue weighted by molar-refractivity contribution is -0.143. The molecule has 4 saturated heterocycles. The Labute approximate surface area is 739 Å². The summed E-state index contributed by atoms with van der Waals surface area (Å²) >= 11 is 0. The van der Waals surface area contributed by atoms with Crippen LogP contribution in [0.4, 0.5) is 0 Å². The van der Waals surface area contributed by atoms with Gasteiger partial charge in [-0.15, -0.1) is 0 Å². The van der Waals surface area contributed by atoms with Crippen LogP contribution in [0.15, 0.2) is 0 Å². The van der Waals surface area contributed by atoms with Gasteiger partial charge in [-0.2, -0.15) is 0 Å². The van der Waals surface area contributed by atoms with E-state index in [2.05, 4.69) is 106 Å². The fraction of sp³-hybridized carbons (Fsp3) is 0.859. The van der Waals surface area contributed by atoms with Crippen LogP contribution in [0, 0.1) is 0 Å². The van der Waals surface area contributed by atoms with Gasteiger partial charge in [-0.3, -0.25) is 96.7 Å². The predicted octanol–water partition coefficient (Wildman–Crippen LogP) is -0.0442. The van der Waals surface area contributed by atoms with Crippen LogP contribution < -0.4 is 11.1 Å². The minimum absolute atomic E-state index is 0.130. The number of hydrogen-bond acceptors (Lipinski definition) is 39. The normalized spacial score (nSPS) is 17.6. The van der Waals surface area contributed by atoms with Crippen molar-refractivity contribution >= 4 is 71.6 Å². The quantitative estimate of drug-likeness (QED) is 0.0458. The first-order valence-electron chi connectivity index (χ1n) is 44.2. The lowest BCUT2D eigenvalue weighted by Gasteiger charge is -2.41. The number of nitrogens with zero attached hydrogens (tertiary/aromatic N) is 13. The van der Waals surface area contributed by atoms with E-state index in [9.17, 15) is 57.5 Å². The number of rotatable bonds is 59. The number of esters is 12. The highest BCUT2D eigenvalue weighted by Gasteiger charge is 2.30. The average Bonchev–Trinajstić information content (AvgIpc) is 0.878. The van der Waals surface area contributed by atoms with E-state index in [4.69, 9.17) is 53.1 Å². The molecule has 0 spiro atoms. The molecule has 720 valence electrons. The molecule has 0 amide bonds. The van der Waals surface area contributed by atoms with E-state index in [1.807, 2.05) is 0 Å². The van der Waals surface area contributed by atoms with Gasteiger partial charge in [0.2, 0.25) is 0 Å². The number of unbranched alkanes of at least 4 members (excludes halogenated alkanes) is 2. The van der Waals surface area contributed by atoms with Gasteiger partial charge in [0.1, 0.15) is 0 Å². The van der Waals surface area contributed by atoms with Gasteiger partial charge >= 0.3 is 71.6 Å². The van der Waals surface area contributed by atoms with Crippen molar-refractivity contribution in [3.8, 4) is 0 Å². The molecule has 124 heavy (non-hydrogen) atoms. The maximum Gasteiger partial charge on any atom is 0.306 e. The third-order valence-corrected chi connectivity index (χ3v) is 22.9. The average molecular weight is 1780 g/mol. The SMILES string of the molecule is COC(=O)CCCCCN1CCN(CCN(CCC(=O)OC)CCC(=O)OC)C[C@@H]1C.COC(=O)CCN(CCC(=O)OC)CCN1CCN(CCN(CCC(=O)OC)CCC(=O)OC)[C@@H](C)C1.COC(=O)CCN(CCC(=O)OC)CCN1CCN(CCN)C[C@@H]1C.COC(=O)CCNCCN1CCN(CCN(CCC(=O)OC)CCC(=O)OC)[C@@H](C)C1. The highest BCUT2D eigenvalue weighted by molar-refractivity contribution is 5.73. The monoisotopic (exact) mass is 1780 g/mol. The van der Waals surface area contributed by atoms with Gasteiger partial charge in [0, 0.05) is 273 Å². The summed E-state index contributed by atoms with van der Waals surface area (Å²) in [4.78, 5) is 167. The van der Waals surface area contributed by atoms with Crippen molar-refractivity contribution in [2.45, 2.75) is 148 Å². The topological polar surface area (TPSA) is 396 Å². The molecule has 3 N–H and O–H groups in total. The van der Waals surface area contributed by atoms with Crippen LogP contribution in [0.5, 0.6) is 0 Å². The van der Waals surface area contributed by atoms with Gasteiger partial charge < -0.3 is 92.4 Å². The Morgan fingerprint density at radius 3 is 0.685 bits per heavy atom. The van der Waals surface area contributed by atoms with E-state index in [0.29, 0.717) is 154 Å². The first-order chi connectivity index (χ1) is 59.5. The van der Waals surface area contributed by atoms with Crippen molar-refractivity contribution in [2.75, 3.05) is 334 Å². The van der Waals surface area contributed by atoms with Crippen molar-refractivity contribution in [2.24, 2.45) is 5.73 Å². The molecule has 4 heterocycles. The second-order valence-electron chi connectivity index (χ2n) is 31.5. The van der Waals surface area contributed by atoms with Gasteiger partial charge in [-0.25, -0.2) is 0 Å². The van der Waals surface area contributed by atoms with Gasteiger partial charge in [-0.1, -0.05) is 6.42 Å². The molecule has 39 heteroatoms. The zero-order chi connectivity index (χ0) is 92.4. The number of methoxy groups -OCH3 is 12. The van der Waals surface area contributed by atoms with Crippen LogP contribution >= 0.6 is 0 Å². The number of ether oxygens (including phenoxy) is 12. The smallest absolute Gasteiger partial charge is 0.306 e. The van der Waals surface area contributed by atoms with E-state index in [-0.39, 0.29) is 97.3 Å². The van der Waals surface area contributed by atoms with E-state index in [1.165, 1.54) is 85.3 Å². The number of piperazine rings is 4. The first kappa shape index (κ1) is 115. The first-order valence-corrected chi connectivity index (χ1v) is 44.2. The molecule has 0 unspecified atom stereocenters. The molecule has 4 fully saturated rings. The summed E-state index contributed by atoms with van der Waals surface area (Å²) in [6.45, 7) is 39.7. The lowest BCUT2D eigenvalue weighted by Crippen LogP contribution is -2.54. The molecule has 4 aliphatic rings. The Hall–Kier alpha value is -6.96. The van der Waals surface area contributed by atoms with E-state index >= 15 is 0 Å². The van der Waals surface area contributed by atoms with Gasteiger partial charge in [0.05, 0.1) is 156 Å². The van der Waals surface area contributed by atoms with Crippen molar-refractivity contribution in [1.82, 2.24) is 69.0 Å². The van der Waals surface area contributed by atoms with Crippen molar-refractivity contribution in [3.63, 3.8) is 0 Å². The van der Waals surface area contributed by atoms with Crippen molar-refractivity contribution < 1.29 is 114 Å². The summed E-state index contributed by atoms with van der Waals surface area (Å²) in [5.74, 6) is -2.82. The third kappa shape index (κ3) is 56.3. The predicted molar refractivity (Wildman–Crippen MR) is 467 cm³/mol. The molecule has 0 aromatic carbocycles. The summed E-state index contributed by atoms with van der Waals surface area (Å²) < 4.78 is 56.7. The van der Waals surface area contributed by atoms with Crippen LogP contribution in [-0.4, -0.2) is 494 Å². The molecular weight excluding hydrogens is 1620 g/mol. The maximum absolute atomic E-state index is 11.6. The summed E-state index contributed by atoms with van der Waals surface area (Å²) in [6.07, 6.45) is 6.95. The largest absolute Gasteiger partial charge is 0.469 e. The fourth-order valence-corrected chi connectivity index (χ4v) is 14.7. The standard InChI is InChI=1S/C25H46N4O8.C22H41N3O6.C21H40N4O6.C17H34N4O4/c1-21-20-28(15-14-26(10-6-22(30)34-2)11-7-23(31)35-3)17-19-29(21)18-16-27(12-8-24(32)36-4)13-9-25(33)37-5;1-19-18-24(16-17-25(19)11-7-5-6-8-20(26)29-2)15-14-23(12-9-21(27)30-3)13-10-22(28)31-4;1-18-17-24(12-9-22-8-5-19(26)29-2)14-16-25(18)15-13-23(10-6-20(27)30-3)11-7-21(28)31-4;1-15-14-20(9-6-18)11-13-21(15)12-10-19(7-4-16(22)24-2)8-5-17(23)25-3/h21H,6-20H2,1-5H3;19H,5-18H2,1-4H3;18,22H,5-17H2,1-4H3;15H,4-14,18H2,1-3H3/t21-;19-;18-;15-/m0000/s1. The Bertz CT molecular complexity index is 2860. The van der Waals surface area contributed by atoms with Crippen LogP contribution in [0.25, 0.3) is 0 Å². The molecule has 4 aliphatic heterocycles. The van der Waals surface area contributed by atoms with Crippen molar-refractivity contribution in [1.29, 1.82) is 0 Å². The van der Waals surface area contributed by atoms with Gasteiger partial charge in [0.15, 0.2) is 0 Å². The fourth-order valence-electron chi connectivity index (χ4n) is 14.7. The van der Waals surface area contributed by atoms with E-state index in [1.54, 1.807) is 0 Å². The second-order valence-corrected chi connectivity index (χ2v) is 31.5. The molecule has 0 radical (unpaired) electrons. The zero-order valence-corrected chi connectivity index (χ0v) is 78.5. The summed E-state index contributed by atoms with van der Waals surface area (Å²) in [5.41, 5.74) is 5.64. The Morgan fingerprint density at radius 1 is 0.242 bits per heavy atom. The summed E-state index contributed by atoms with van der Waals surface area (Å²) in [5, 5.41) is 3.28. The minimum atomic E-state index is -0.266. The number of nitrogens with two attached hydrogens (primary N) is 1. The van der Waals surface area contributed by atoms with Crippen LogP contribution in [0.3, 0.4) is 0 Å². The molecule has 0 bridgehead atoms. The molecule has 4 rings (SSSR count). The van der Waals surface area contributed by atoms with Crippen LogP contribution in [-0.2, 0) is 114 Å². The number of nitrogens with one attached hydrogen (secondary N) is 1. The second kappa shape index (κ2) is 72.0.